The van der Waals surface area contributed by atoms with Crippen LogP contribution in [0.4, 0.5) is 4.39 Å². The maximum atomic E-state index is 13.5. The number of hydrogen-bond donors (Lipinski definition) is 1. The molecule has 0 spiro atoms. The number of rotatable bonds is 6. The summed E-state index contributed by atoms with van der Waals surface area (Å²) < 4.78 is 18.5. The maximum absolute atomic E-state index is 13.5. The van der Waals surface area contributed by atoms with Gasteiger partial charge < -0.3 is 10.1 Å². The molecule has 4 nitrogen and oxygen atoms in total. The van der Waals surface area contributed by atoms with E-state index in [4.69, 9.17) is 4.74 Å². The molecule has 0 bridgehead atoms. The predicted octanol–water partition coefficient (Wildman–Crippen LogP) is 3.65. The summed E-state index contributed by atoms with van der Waals surface area (Å²) in [5.41, 5.74) is 2.39. The topological polar surface area (TPSA) is 55.4 Å². The molecule has 3 rings (SSSR count). The van der Waals surface area contributed by atoms with E-state index in [0.29, 0.717) is 4.90 Å². The molecule has 0 saturated heterocycles. The Balaban J connectivity index is 1.44. The van der Waals surface area contributed by atoms with E-state index in [1.807, 2.05) is 18.2 Å². The lowest BCUT2D eigenvalue weighted by molar-refractivity contribution is -0.146. The first-order valence-corrected chi connectivity index (χ1v) is 9.52. The van der Waals surface area contributed by atoms with Crippen molar-refractivity contribution in [3.05, 3.63) is 65.5 Å². The highest BCUT2D eigenvalue weighted by atomic mass is 32.2. The van der Waals surface area contributed by atoms with Crippen LogP contribution in [0.15, 0.2) is 53.4 Å². The van der Waals surface area contributed by atoms with Gasteiger partial charge in [-0.3, -0.25) is 9.59 Å². The van der Waals surface area contributed by atoms with E-state index < -0.39 is 5.97 Å². The highest BCUT2D eigenvalue weighted by molar-refractivity contribution is 8.00. The summed E-state index contributed by atoms with van der Waals surface area (Å²) in [6.07, 6.45) is 2.91. The molecule has 1 atom stereocenters. The molecule has 0 aromatic heterocycles. The molecule has 0 aliphatic heterocycles. The fraction of sp³-hybridized carbons (Fsp3) is 0.300. The molecule has 1 aliphatic rings. The Morgan fingerprint density at radius 3 is 2.77 bits per heavy atom. The minimum absolute atomic E-state index is 0.0412. The largest absolute Gasteiger partial charge is 0.455 e. The predicted molar refractivity (Wildman–Crippen MR) is 98.3 cm³/mol. The molecule has 1 aliphatic carbocycles. The van der Waals surface area contributed by atoms with E-state index in [0.717, 1.165) is 36.6 Å². The number of esters is 1. The van der Waals surface area contributed by atoms with Gasteiger partial charge in [0.2, 0.25) is 0 Å². The average molecular weight is 373 g/mol. The summed E-state index contributed by atoms with van der Waals surface area (Å²) in [5.74, 6) is -1.28. The normalized spacial score (nSPS) is 15.8. The summed E-state index contributed by atoms with van der Waals surface area (Å²) in [5, 5.41) is 2.93. The van der Waals surface area contributed by atoms with Crippen molar-refractivity contribution in [2.24, 2.45) is 0 Å². The van der Waals surface area contributed by atoms with E-state index in [2.05, 4.69) is 11.4 Å². The lowest BCUT2D eigenvalue weighted by Gasteiger charge is -2.26. The number of aryl methyl sites for hydroxylation is 1. The first-order valence-electron chi connectivity index (χ1n) is 8.53. The number of hydrogen-bond acceptors (Lipinski definition) is 4. The van der Waals surface area contributed by atoms with Crippen LogP contribution in [0, 0.1) is 5.82 Å². The quantitative estimate of drug-likeness (QED) is 0.620. The average Bonchev–Trinajstić information content (AvgIpc) is 2.66. The molecular weight excluding hydrogens is 353 g/mol. The van der Waals surface area contributed by atoms with Crippen molar-refractivity contribution in [1.29, 1.82) is 0 Å². The first kappa shape index (κ1) is 18.5. The standard InChI is InChI=1S/C20H20FNO3S/c21-16-9-3-4-11-18(16)26-13-20(24)25-12-19(23)22-17-10-5-7-14-6-1-2-8-15(14)17/h1-4,6,8-9,11,17H,5,7,10,12-13H2,(H,22,23)/t17-/m0/s1. The number of ether oxygens (including phenoxy) is 1. The van der Waals surface area contributed by atoms with E-state index in [9.17, 15) is 14.0 Å². The summed E-state index contributed by atoms with van der Waals surface area (Å²) in [6.45, 7) is -0.324. The molecule has 0 fully saturated rings. The van der Waals surface area contributed by atoms with E-state index >= 15 is 0 Å². The van der Waals surface area contributed by atoms with Crippen molar-refractivity contribution >= 4 is 23.6 Å². The van der Waals surface area contributed by atoms with Gasteiger partial charge in [-0.25, -0.2) is 4.39 Å². The van der Waals surface area contributed by atoms with E-state index in [1.54, 1.807) is 18.2 Å². The van der Waals surface area contributed by atoms with E-state index in [-0.39, 0.29) is 30.1 Å². The first-order chi connectivity index (χ1) is 12.6. The minimum atomic E-state index is -0.544. The Morgan fingerprint density at radius 2 is 1.92 bits per heavy atom. The number of fused-ring (bicyclic) bond motifs is 1. The van der Waals surface area contributed by atoms with Crippen LogP contribution >= 0.6 is 11.8 Å². The summed E-state index contributed by atoms with van der Waals surface area (Å²) in [4.78, 5) is 24.3. The molecule has 1 amide bonds. The van der Waals surface area contributed by atoms with Crippen molar-refractivity contribution in [2.45, 2.75) is 30.2 Å². The zero-order valence-electron chi connectivity index (χ0n) is 14.2. The van der Waals surface area contributed by atoms with Crippen LogP contribution in [-0.2, 0) is 20.7 Å². The zero-order valence-corrected chi connectivity index (χ0v) is 15.1. The summed E-state index contributed by atoms with van der Waals surface area (Å²) in [6, 6.07) is 14.2. The van der Waals surface area contributed by atoms with Crippen LogP contribution in [0.3, 0.4) is 0 Å². The number of carbonyl (C=O) groups is 2. The molecule has 0 saturated carbocycles. The molecule has 0 radical (unpaired) electrons. The second-order valence-electron chi connectivity index (χ2n) is 6.09. The van der Waals surface area contributed by atoms with Crippen molar-refractivity contribution in [2.75, 3.05) is 12.4 Å². The number of carbonyl (C=O) groups excluding carboxylic acids is 2. The Labute approximate surface area is 156 Å². The highest BCUT2D eigenvalue weighted by Gasteiger charge is 2.21. The Hall–Kier alpha value is -2.34. The summed E-state index contributed by atoms with van der Waals surface area (Å²) >= 11 is 1.05. The lowest BCUT2D eigenvalue weighted by atomic mass is 9.88. The van der Waals surface area contributed by atoms with Gasteiger partial charge in [0.1, 0.15) is 5.82 Å². The second-order valence-corrected chi connectivity index (χ2v) is 7.11. The van der Waals surface area contributed by atoms with Gasteiger partial charge in [0.25, 0.3) is 5.91 Å². The SMILES string of the molecule is O=C(COC(=O)CSc1ccccc1F)N[C@H]1CCCc2ccccc21. The fourth-order valence-corrected chi connectivity index (χ4v) is 3.76. The van der Waals surface area contributed by atoms with E-state index in [1.165, 1.54) is 11.6 Å². The number of benzene rings is 2. The molecule has 1 N–H and O–H groups in total. The van der Waals surface area contributed by atoms with Crippen molar-refractivity contribution in [3.63, 3.8) is 0 Å². The molecule has 2 aromatic carbocycles. The molecule has 136 valence electrons. The van der Waals surface area contributed by atoms with Crippen molar-refractivity contribution in [3.8, 4) is 0 Å². The van der Waals surface area contributed by atoms with Gasteiger partial charge in [0.05, 0.1) is 11.8 Å². The Bertz CT molecular complexity index is 796. The molecule has 0 unspecified atom stereocenters. The van der Waals surface area contributed by atoms with Gasteiger partial charge >= 0.3 is 5.97 Å². The van der Waals surface area contributed by atoms with Gasteiger partial charge in [-0.05, 0) is 42.5 Å². The number of nitrogens with one attached hydrogen (secondary N) is 1. The number of thioether (sulfide) groups is 1. The zero-order chi connectivity index (χ0) is 18.4. The van der Waals surface area contributed by atoms with Gasteiger partial charge in [-0.2, -0.15) is 0 Å². The molecule has 26 heavy (non-hydrogen) atoms. The lowest BCUT2D eigenvalue weighted by Crippen LogP contribution is -2.34. The van der Waals surface area contributed by atoms with Crippen LogP contribution in [0.5, 0.6) is 0 Å². The van der Waals surface area contributed by atoms with Gasteiger partial charge in [-0.1, -0.05) is 36.4 Å². The Kier molecular flexibility index (Phi) is 6.28. The molecule has 6 heteroatoms. The second kappa shape index (κ2) is 8.85. The van der Waals surface area contributed by atoms with Crippen LogP contribution < -0.4 is 5.32 Å². The van der Waals surface area contributed by atoms with Crippen molar-refractivity contribution in [1.82, 2.24) is 5.32 Å². The van der Waals surface area contributed by atoms with Gasteiger partial charge in [-0.15, -0.1) is 11.8 Å². The third kappa shape index (κ3) is 4.85. The van der Waals surface area contributed by atoms with Crippen LogP contribution in [-0.4, -0.2) is 24.2 Å². The maximum Gasteiger partial charge on any atom is 0.316 e. The van der Waals surface area contributed by atoms with Crippen LogP contribution in [0.25, 0.3) is 0 Å². The van der Waals surface area contributed by atoms with Gasteiger partial charge in [0.15, 0.2) is 6.61 Å². The monoisotopic (exact) mass is 373 g/mol. The third-order valence-electron chi connectivity index (χ3n) is 4.25. The van der Waals surface area contributed by atoms with Crippen LogP contribution in [0.1, 0.15) is 30.0 Å². The summed E-state index contributed by atoms with van der Waals surface area (Å²) in [7, 11) is 0. The third-order valence-corrected chi connectivity index (χ3v) is 5.27. The highest BCUT2D eigenvalue weighted by Crippen LogP contribution is 2.29. The van der Waals surface area contributed by atoms with Crippen LogP contribution in [0.2, 0.25) is 0 Å². The molecule has 2 aromatic rings. The fourth-order valence-electron chi connectivity index (χ4n) is 3.03. The minimum Gasteiger partial charge on any atom is -0.455 e. The Morgan fingerprint density at radius 1 is 1.15 bits per heavy atom. The van der Waals surface area contributed by atoms with Gasteiger partial charge in [0, 0.05) is 4.90 Å². The smallest absolute Gasteiger partial charge is 0.316 e. The van der Waals surface area contributed by atoms with Crippen molar-refractivity contribution < 1.29 is 18.7 Å². The molecular formula is C20H20FNO3S. The number of amides is 1. The molecule has 0 heterocycles. The number of halogens is 1.